The average Bonchev–Trinajstić information content (AvgIpc) is 3.36. The highest BCUT2D eigenvalue weighted by molar-refractivity contribution is 5.83. The molecule has 0 radical (unpaired) electrons. The molecule has 1 unspecified atom stereocenters. The van der Waals surface area contributed by atoms with Crippen molar-refractivity contribution >= 4 is 10.8 Å². The Hall–Kier alpha value is -1.38. The lowest BCUT2D eigenvalue weighted by Crippen LogP contribution is -2.36. The number of hydrogen-bond donors (Lipinski definition) is 1. The number of rotatable bonds is 7. The summed E-state index contributed by atoms with van der Waals surface area (Å²) >= 11 is 0. The zero-order chi connectivity index (χ0) is 14.7. The van der Waals surface area contributed by atoms with Crippen molar-refractivity contribution in [3.05, 3.63) is 48.0 Å². The van der Waals surface area contributed by atoms with Crippen LogP contribution in [0.4, 0.5) is 0 Å². The molecule has 2 aromatic rings. The second-order valence-corrected chi connectivity index (χ2v) is 6.04. The van der Waals surface area contributed by atoms with Gasteiger partial charge in [-0.05, 0) is 48.3 Å². The molecule has 1 N–H and O–H groups in total. The van der Waals surface area contributed by atoms with Crippen LogP contribution in [0.1, 0.15) is 38.3 Å². The van der Waals surface area contributed by atoms with Gasteiger partial charge in [0.25, 0.3) is 0 Å². The Morgan fingerprint density at radius 1 is 1.10 bits per heavy atom. The third-order valence-corrected chi connectivity index (χ3v) is 4.51. The van der Waals surface area contributed by atoms with E-state index in [1.807, 2.05) is 0 Å². The van der Waals surface area contributed by atoms with Crippen LogP contribution >= 0.6 is 0 Å². The lowest BCUT2D eigenvalue weighted by molar-refractivity contribution is 0.245. The third kappa shape index (κ3) is 3.45. The zero-order valence-electron chi connectivity index (χ0n) is 13.2. The van der Waals surface area contributed by atoms with E-state index in [0.717, 1.165) is 25.7 Å². The first kappa shape index (κ1) is 14.6. The lowest BCUT2D eigenvalue weighted by atomic mass is 10.0. The fraction of sp³-hybridized carbons (Fsp3) is 0.474. The minimum absolute atomic E-state index is 0.431. The SMILES string of the molecule is CCNC(CN(CC)C1CC1)c1ccc2ccccc2c1. The van der Waals surface area contributed by atoms with Gasteiger partial charge in [0.2, 0.25) is 0 Å². The first-order chi connectivity index (χ1) is 10.3. The molecule has 21 heavy (non-hydrogen) atoms. The first-order valence-electron chi connectivity index (χ1n) is 8.28. The van der Waals surface area contributed by atoms with E-state index >= 15 is 0 Å². The lowest BCUT2D eigenvalue weighted by Gasteiger charge is -2.27. The van der Waals surface area contributed by atoms with Crippen molar-refractivity contribution in [1.82, 2.24) is 10.2 Å². The molecule has 0 amide bonds. The summed E-state index contributed by atoms with van der Waals surface area (Å²) in [6.45, 7) is 7.76. The van der Waals surface area contributed by atoms with Gasteiger partial charge in [-0.15, -0.1) is 0 Å². The summed E-state index contributed by atoms with van der Waals surface area (Å²) in [4.78, 5) is 2.63. The van der Waals surface area contributed by atoms with E-state index < -0.39 is 0 Å². The molecular formula is C19H26N2. The number of hydrogen-bond acceptors (Lipinski definition) is 2. The highest BCUT2D eigenvalue weighted by Gasteiger charge is 2.29. The summed E-state index contributed by atoms with van der Waals surface area (Å²) < 4.78 is 0. The summed E-state index contributed by atoms with van der Waals surface area (Å²) in [5, 5.41) is 6.33. The molecule has 1 aliphatic carbocycles. The molecule has 0 bridgehead atoms. The average molecular weight is 282 g/mol. The first-order valence-corrected chi connectivity index (χ1v) is 8.28. The summed E-state index contributed by atoms with van der Waals surface area (Å²) in [5.41, 5.74) is 1.41. The van der Waals surface area contributed by atoms with Gasteiger partial charge >= 0.3 is 0 Å². The predicted octanol–water partition coefficient (Wildman–Crippen LogP) is 3.97. The molecular weight excluding hydrogens is 256 g/mol. The number of nitrogens with zero attached hydrogens (tertiary/aromatic N) is 1. The largest absolute Gasteiger partial charge is 0.309 e. The normalized spacial score (nSPS) is 16.5. The van der Waals surface area contributed by atoms with Crippen molar-refractivity contribution in [2.75, 3.05) is 19.6 Å². The van der Waals surface area contributed by atoms with Crippen molar-refractivity contribution in [1.29, 1.82) is 0 Å². The number of benzene rings is 2. The van der Waals surface area contributed by atoms with Crippen molar-refractivity contribution < 1.29 is 0 Å². The van der Waals surface area contributed by atoms with E-state index in [0.29, 0.717) is 6.04 Å². The molecule has 112 valence electrons. The van der Waals surface area contributed by atoms with Crippen LogP contribution in [0.25, 0.3) is 10.8 Å². The van der Waals surface area contributed by atoms with Gasteiger partial charge in [0.15, 0.2) is 0 Å². The Morgan fingerprint density at radius 2 is 1.86 bits per heavy atom. The Bertz CT molecular complexity index is 589. The summed E-state index contributed by atoms with van der Waals surface area (Å²) in [7, 11) is 0. The molecule has 1 atom stereocenters. The highest BCUT2D eigenvalue weighted by Crippen LogP contribution is 2.29. The third-order valence-electron chi connectivity index (χ3n) is 4.51. The molecule has 2 heteroatoms. The molecule has 2 nitrogen and oxygen atoms in total. The number of nitrogens with one attached hydrogen (secondary N) is 1. The maximum atomic E-state index is 3.67. The van der Waals surface area contributed by atoms with Gasteiger partial charge in [0, 0.05) is 18.6 Å². The summed E-state index contributed by atoms with van der Waals surface area (Å²) in [5.74, 6) is 0. The fourth-order valence-electron chi connectivity index (χ4n) is 3.17. The van der Waals surface area contributed by atoms with E-state index in [9.17, 15) is 0 Å². The van der Waals surface area contributed by atoms with Crippen LogP contribution in [-0.2, 0) is 0 Å². The van der Waals surface area contributed by atoms with Crippen molar-refractivity contribution in [3.8, 4) is 0 Å². The standard InChI is InChI=1S/C19H26N2/c1-3-20-19(14-21(4-2)18-11-12-18)17-10-9-15-7-5-6-8-16(15)13-17/h5-10,13,18-20H,3-4,11-12,14H2,1-2H3. The molecule has 0 saturated heterocycles. The molecule has 1 saturated carbocycles. The number of likely N-dealkylation sites (N-methyl/N-ethyl adjacent to an activating group) is 2. The minimum atomic E-state index is 0.431. The maximum Gasteiger partial charge on any atom is 0.0449 e. The molecule has 0 aliphatic heterocycles. The quantitative estimate of drug-likeness (QED) is 0.826. The fourth-order valence-corrected chi connectivity index (χ4v) is 3.17. The van der Waals surface area contributed by atoms with Crippen LogP contribution in [0.2, 0.25) is 0 Å². The van der Waals surface area contributed by atoms with E-state index in [2.05, 4.69) is 66.5 Å². The van der Waals surface area contributed by atoms with Gasteiger partial charge in [-0.2, -0.15) is 0 Å². The van der Waals surface area contributed by atoms with Gasteiger partial charge in [0.05, 0.1) is 0 Å². The van der Waals surface area contributed by atoms with Crippen LogP contribution in [0.3, 0.4) is 0 Å². The molecule has 0 spiro atoms. The highest BCUT2D eigenvalue weighted by atomic mass is 15.2. The second kappa shape index (κ2) is 6.59. The van der Waals surface area contributed by atoms with Crippen LogP contribution in [0.15, 0.2) is 42.5 Å². The van der Waals surface area contributed by atoms with E-state index in [4.69, 9.17) is 0 Å². The zero-order valence-corrected chi connectivity index (χ0v) is 13.2. The van der Waals surface area contributed by atoms with Crippen molar-refractivity contribution in [2.24, 2.45) is 0 Å². The van der Waals surface area contributed by atoms with Crippen molar-refractivity contribution in [3.63, 3.8) is 0 Å². The van der Waals surface area contributed by atoms with Gasteiger partial charge in [-0.1, -0.05) is 50.2 Å². The van der Waals surface area contributed by atoms with Gasteiger partial charge in [-0.25, -0.2) is 0 Å². The molecule has 0 aromatic heterocycles. The van der Waals surface area contributed by atoms with Crippen LogP contribution in [-0.4, -0.2) is 30.6 Å². The molecule has 0 heterocycles. The Morgan fingerprint density at radius 3 is 2.52 bits per heavy atom. The number of fused-ring (bicyclic) bond motifs is 1. The summed E-state index contributed by atoms with van der Waals surface area (Å²) in [6, 6.07) is 16.8. The molecule has 2 aromatic carbocycles. The molecule has 1 aliphatic rings. The minimum Gasteiger partial charge on any atom is -0.309 e. The Labute approximate surface area is 128 Å². The maximum absolute atomic E-state index is 3.67. The van der Waals surface area contributed by atoms with E-state index in [1.165, 1.54) is 29.2 Å². The van der Waals surface area contributed by atoms with Gasteiger partial charge < -0.3 is 5.32 Å². The summed E-state index contributed by atoms with van der Waals surface area (Å²) in [6.07, 6.45) is 2.76. The van der Waals surface area contributed by atoms with Crippen LogP contribution in [0, 0.1) is 0 Å². The smallest absolute Gasteiger partial charge is 0.0449 e. The topological polar surface area (TPSA) is 15.3 Å². The predicted molar refractivity (Wildman–Crippen MR) is 90.6 cm³/mol. The second-order valence-electron chi connectivity index (χ2n) is 6.04. The van der Waals surface area contributed by atoms with Crippen LogP contribution < -0.4 is 5.32 Å². The van der Waals surface area contributed by atoms with E-state index in [1.54, 1.807) is 0 Å². The monoisotopic (exact) mass is 282 g/mol. The molecule has 1 fully saturated rings. The Balaban J connectivity index is 1.83. The van der Waals surface area contributed by atoms with Crippen LogP contribution in [0.5, 0.6) is 0 Å². The molecule has 3 rings (SSSR count). The van der Waals surface area contributed by atoms with Gasteiger partial charge in [0.1, 0.15) is 0 Å². The van der Waals surface area contributed by atoms with Gasteiger partial charge in [-0.3, -0.25) is 4.90 Å². The Kier molecular flexibility index (Phi) is 4.57. The van der Waals surface area contributed by atoms with E-state index in [-0.39, 0.29) is 0 Å². The van der Waals surface area contributed by atoms with Crippen molar-refractivity contribution in [2.45, 2.75) is 38.8 Å².